The molecule has 0 aromatic heterocycles. The molecular weight excluding hydrogens is 565 g/mol. The van der Waals surface area contributed by atoms with Crippen LogP contribution >= 0.6 is 15.9 Å². The molecule has 21 heteroatoms. The van der Waals surface area contributed by atoms with Gasteiger partial charge in [0.15, 0.2) is 0 Å². The minimum atomic E-state index is -8.76. The van der Waals surface area contributed by atoms with Gasteiger partial charge in [-0.3, -0.25) is 0 Å². The van der Waals surface area contributed by atoms with Gasteiger partial charge >= 0.3 is 52.8 Å². The van der Waals surface area contributed by atoms with Crippen LogP contribution in [-0.4, -0.2) is 52.8 Å². The maximum Gasteiger partial charge on any atom is 0.460 e. The van der Waals surface area contributed by atoms with E-state index in [1.807, 2.05) is 0 Å². The summed E-state index contributed by atoms with van der Waals surface area (Å²) in [6, 6.07) is 0. The first-order chi connectivity index (χ1) is 12.5. The largest absolute Gasteiger partial charge is 0.460 e. The zero-order valence-corrected chi connectivity index (χ0v) is 14.1. The van der Waals surface area contributed by atoms with Gasteiger partial charge in [0.2, 0.25) is 0 Å². The molecule has 30 heavy (non-hydrogen) atoms. The van der Waals surface area contributed by atoms with Crippen molar-refractivity contribution in [2.75, 3.05) is 0 Å². The van der Waals surface area contributed by atoms with Gasteiger partial charge in [-0.25, -0.2) is 4.74 Å². The highest BCUT2D eigenvalue weighted by molar-refractivity contribution is 9.10. The first-order valence-corrected chi connectivity index (χ1v) is 6.73. The molecule has 0 radical (unpaired) electrons. The Hall–Kier alpha value is -0.890. The van der Waals surface area contributed by atoms with Gasteiger partial charge in [0, 0.05) is 15.9 Å². The molecule has 0 bridgehead atoms. The van der Waals surface area contributed by atoms with Gasteiger partial charge in [0.1, 0.15) is 0 Å². The molecule has 0 saturated heterocycles. The van der Waals surface area contributed by atoms with Crippen molar-refractivity contribution in [2.24, 2.45) is 0 Å². The van der Waals surface area contributed by atoms with E-state index in [9.17, 15) is 83.4 Å². The van der Waals surface area contributed by atoms with Crippen LogP contribution in [0.15, 0.2) is 0 Å². The summed E-state index contributed by atoms with van der Waals surface area (Å²) in [6.07, 6.45) is -22.8. The van der Waals surface area contributed by atoms with E-state index in [4.69, 9.17) is 0 Å². The van der Waals surface area contributed by atoms with Gasteiger partial charge in [-0.15, -0.1) is 0 Å². The monoisotopic (exact) mass is 564 g/mol. The van der Waals surface area contributed by atoms with Crippen LogP contribution in [0, 0.1) is 0 Å². The van der Waals surface area contributed by atoms with Crippen LogP contribution in [0.4, 0.5) is 83.4 Å². The molecule has 0 saturated carbocycles. The maximum absolute atomic E-state index is 13.1. The summed E-state index contributed by atoms with van der Waals surface area (Å²) < 4.78 is 241. The number of halogens is 20. The summed E-state index contributed by atoms with van der Waals surface area (Å²) in [5.41, 5.74) is 0. The Labute approximate surface area is 158 Å². The van der Waals surface area contributed by atoms with Crippen molar-refractivity contribution in [1.29, 1.82) is 0 Å². The third kappa shape index (κ3) is 3.98. The second kappa shape index (κ2) is 7.06. The van der Waals surface area contributed by atoms with Gasteiger partial charge in [-0.2, -0.15) is 83.4 Å². The van der Waals surface area contributed by atoms with Gasteiger partial charge in [-0.05, 0) is 0 Å². The first-order valence-electron chi connectivity index (χ1n) is 5.94. The quantitative estimate of drug-likeness (QED) is 0.230. The van der Waals surface area contributed by atoms with Crippen LogP contribution in [0.25, 0.3) is 0 Å². The highest BCUT2D eigenvalue weighted by atomic mass is 79.9. The van der Waals surface area contributed by atoms with Crippen molar-refractivity contribution in [1.82, 2.24) is 0 Å². The van der Waals surface area contributed by atoms with Crippen LogP contribution in [0.2, 0.25) is 0 Å². The van der Waals surface area contributed by atoms with E-state index in [1.54, 1.807) is 0 Å². The predicted molar refractivity (Wildman–Crippen MR) is 55.6 cm³/mol. The van der Waals surface area contributed by atoms with Gasteiger partial charge in [0.05, 0.1) is 0 Å². The van der Waals surface area contributed by atoms with Crippen molar-refractivity contribution < 1.29 is 88.2 Å². The lowest BCUT2D eigenvalue weighted by atomic mass is 9.93. The molecule has 0 fully saturated rings. The smallest absolute Gasteiger partial charge is 0.245 e. The average Bonchev–Trinajstić information content (AvgIpc) is 2.42. The van der Waals surface area contributed by atoms with E-state index in [0.717, 1.165) is 0 Å². The van der Waals surface area contributed by atoms with Gasteiger partial charge < -0.3 is 0 Å². The van der Waals surface area contributed by atoms with Crippen molar-refractivity contribution in [2.45, 2.75) is 52.8 Å². The fourth-order valence-electron chi connectivity index (χ4n) is 1.24. The zero-order chi connectivity index (χ0) is 25.2. The summed E-state index contributed by atoms with van der Waals surface area (Å²) in [5.74, 6) is -42.9. The molecule has 0 atom stereocenters. The van der Waals surface area contributed by atoms with Crippen molar-refractivity contribution in [3.8, 4) is 0 Å². The summed E-state index contributed by atoms with van der Waals surface area (Å²) >= 11 is 0.523. The summed E-state index contributed by atoms with van der Waals surface area (Å²) in [5, 5.41) is 0. The fraction of sp³-hybridized carbons (Fsp3) is 1.00. The second-order valence-corrected chi connectivity index (χ2v) is 6.00. The second-order valence-electron chi connectivity index (χ2n) is 5.00. The lowest BCUT2D eigenvalue weighted by molar-refractivity contribution is -0.503. The minimum Gasteiger partial charge on any atom is -0.245 e. The number of hydrogen-bond donors (Lipinski definition) is 0. The SMILES string of the molecule is FC(F)(F)C(F)(F)C(F)(F)C(F)(F)C(F)(F)C(F)(F)C(F)(F)OC(F)(F)C(F)(F)Br. The number of hydrogen-bond acceptors (Lipinski definition) is 1. The number of alkyl halides is 20. The number of rotatable bonds is 8. The van der Waals surface area contributed by atoms with Crippen LogP contribution in [-0.2, 0) is 4.74 Å². The Bertz CT molecular complexity index is 627. The average molecular weight is 565 g/mol. The molecule has 0 aliphatic heterocycles. The highest BCUT2D eigenvalue weighted by Crippen LogP contribution is 2.63. The molecule has 0 aromatic rings. The molecule has 0 N–H and O–H groups in total. The molecule has 0 aliphatic rings. The third-order valence-electron chi connectivity index (χ3n) is 2.89. The molecule has 0 amide bonds. The molecule has 0 unspecified atom stereocenters. The Morgan fingerprint density at radius 3 is 0.900 bits per heavy atom. The third-order valence-corrected chi connectivity index (χ3v) is 3.35. The minimum absolute atomic E-state index is 0.523. The molecule has 0 heterocycles. The van der Waals surface area contributed by atoms with Gasteiger partial charge in [0.25, 0.3) is 0 Å². The van der Waals surface area contributed by atoms with Crippen LogP contribution in [0.3, 0.4) is 0 Å². The van der Waals surface area contributed by atoms with Crippen LogP contribution < -0.4 is 0 Å². The molecule has 0 aromatic carbocycles. The highest BCUT2D eigenvalue weighted by Gasteiger charge is 2.94. The van der Waals surface area contributed by atoms with E-state index >= 15 is 0 Å². The van der Waals surface area contributed by atoms with E-state index in [2.05, 4.69) is 0 Å². The van der Waals surface area contributed by atoms with E-state index < -0.39 is 52.8 Å². The molecule has 182 valence electrons. The standard InChI is InChI=1S/C9BrF19O/c10-6(21,22)9(28,29)30-8(26,27)5(19,20)3(15,16)1(11,12)2(13,14)4(17,18)7(23,24)25. The topological polar surface area (TPSA) is 9.23 Å². The Kier molecular flexibility index (Phi) is 6.85. The van der Waals surface area contributed by atoms with Crippen LogP contribution in [0.1, 0.15) is 0 Å². The van der Waals surface area contributed by atoms with Gasteiger partial charge in [-0.1, -0.05) is 0 Å². The lowest BCUT2D eigenvalue weighted by Gasteiger charge is -2.41. The molecular formula is C9BrF19O. The predicted octanol–water partition coefficient (Wildman–Crippen LogP) is 6.92. The molecule has 0 rings (SSSR count). The molecule has 0 aliphatic carbocycles. The van der Waals surface area contributed by atoms with Crippen molar-refractivity contribution in [3.05, 3.63) is 0 Å². The van der Waals surface area contributed by atoms with E-state index in [-0.39, 0.29) is 0 Å². The van der Waals surface area contributed by atoms with Crippen molar-refractivity contribution >= 4 is 15.9 Å². The van der Waals surface area contributed by atoms with Crippen LogP contribution in [0.5, 0.6) is 0 Å². The fourth-order valence-corrected chi connectivity index (χ4v) is 1.32. The Morgan fingerprint density at radius 1 is 0.367 bits per heavy atom. The summed E-state index contributed by atoms with van der Waals surface area (Å²) in [6.45, 7) is 0. The Balaban J connectivity index is 6.56. The van der Waals surface area contributed by atoms with E-state index in [0.29, 0.717) is 15.9 Å². The van der Waals surface area contributed by atoms with E-state index in [1.165, 1.54) is 4.74 Å². The summed E-state index contributed by atoms with van der Waals surface area (Å²) in [4.78, 5) is -6.12. The lowest BCUT2D eigenvalue weighted by Crippen LogP contribution is -2.73. The summed E-state index contributed by atoms with van der Waals surface area (Å²) in [7, 11) is 0. The zero-order valence-electron chi connectivity index (χ0n) is 12.5. The molecule has 1 nitrogen and oxygen atoms in total. The molecule has 0 spiro atoms. The Morgan fingerprint density at radius 2 is 0.633 bits per heavy atom. The van der Waals surface area contributed by atoms with Crippen molar-refractivity contribution in [3.63, 3.8) is 0 Å². The number of ether oxygens (including phenoxy) is 1. The normalized spacial score (nSPS) is 16.8. The first kappa shape index (κ1) is 29.1. The maximum atomic E-state index is 13.1.